The lowest BCUT2D eigenvalue weighted by Crippen LogP contribution is -2.37. The number of hydrogen-bond acceptors (Lipinski definition) is 4. The van der Waals surface area contributed by atoms with Gasteiger partial charge in [0.05, 0.1) is 19.8 Å². The van der Waals surface area contributed by atoms with Crippen molar-refractivity contribution in [2.45, 2.75) is 32.6 Å². The first-order chi connectivity index (χ1) is 12.1. The number of ether oxygens (including phenoxy) is 2. The smallest absolute Gasteiger partial charge is 0.257 e. The first-order valence-corrected chi connectivity index (χ1v) is 8.89. The molecule has 0 aromatic heterocycles. The number of nitrogens with zero attached hydrogens (tertiary/aromatic N) is 2. The Hall–Kier alpha value is -2.24. The second kappa shape index (κ2) is 9.30. The van der Waals surface area contributed by atoms with E-state index in [1.54, 1.807) is 37.3 Å². The number of rotatable bonds is 6. The highest BCUT2D eigenvalue weighted by Crippen LogP contribution is 2.25. The molecule has 0 bridgehead atoms. The molecule has 2 amide bonds. The number of carbonyl (C=O) groups is 2. The second-order valence-electron chi connectivity index (χ2n) is 6.20. The monoisotopic (exact) mass is 348 g/mol. The summed E-state index contributed by atoms with van der Waals surface area (Å²) in [6.45, 7) is 4.55. The number of methoxy groups -OCH3 is 2. The van der Waals surface area contributed by atoms with Gasteiger partial charge in [-0.15, -0.1) is 0 Å². The van der Waals surface area contributed by atoms with Gasteiger partial charge in [-0.05, 0) is 31.0 Å². The Balaban J connectivity index is 2.07. The van der Waals surface area contributed by atoms with Gasteiger partial charge in [0.1, 0.15) is 11.5 Å². The van der Waals surface area contributed by atoms with Crippen LogP contribution in [0, 0.1) is 0 Å². The standard InChI is InChI=1S/C19H28N2O4/c1-4-5-7-18(22)20-10-6-11-21(13-12-20)19(23)16-14-15(24-2)8-9-17(16)25-3/h8-9,14H,4-7,10-13H2,1-3H3. The molecule has 0 atom stereocenters. The average Bonchev–Trinajstić information content (AvgIpc) is 2.91. The summed E-state index contributed by atoms with van der Waals surface area (Å²) in [6, 6.07) is 5.22. The van der Waals surface area contributed by atoms with E-state index >= 15 is 0 Å². The van der Waals surface area contributed by atoms with E-state index in [2.05, 4.69) is 6.92 Å². The van der Waals surface area contributed by atoms with Crippen LogP contribution >= 0.6 is 0 Å². The first kappa shape index (κ1) is 19.1. The van der Waals surface area contributed by atoms with E-state index in [1.165, 1.54) is 0 Å². The fraction of sp³-hybridized carbons (Fsp3) is 0.579. The molecule has 6 heteroatoms. The molecule has 0 radical (unpaired) electrons. The van der Waals surface area contributed by atoms with Crippen LogP contribution in [0.4, 0.5) is 0 Å². The Bertz CT molecular complexity index is 603. The molecule has 1 heterocycles. The molecular formula is C19H28N2O4. The molecule has 0 saturated carbocycles. The highest BCUT2D eigenvalue weighted by molar-refractivity contribution is 5.97. The van der Waals surface area contributed by atoms with Gasteiger partial charge in [-0.3, -0.25) is 9.59 Å². The molecular weight excluding hydrogens is 320 g/mol. The minimum Gasteiger partial charge on any atom is -0.497 e. The van der Waals surface area contributed by atoms with E-state index in [-0.39, 0.29) is 11.8 Å². The number of unbranched alkanes of at least 4 members (excludes halogenated alkanes) is 1. The third-order valence-corrected chi connectivity index (χ3v) is 4.52. The van der Waals surface area contributed by atoms with E-state index in [0.717, 1.165) is 19.3 Å². The topological polar surface area (TPSA) is 59.1 Å². The van der Waals surface area contributed by atoms with E-state index in [1.807, 2.05) is 4.90 Å². The molecule has 1 saturated heterocycles. The Morgan fingerprint density at radius 1 is 1.04 bits per heavy atom. The molecule has 1 fully saturated rings. The lowest BCUT2D eigenvalue weighted by atomic mass is 10.1. The van der Waals surface area contributed by atoms with Crippen LogP contribution in [0.15, 0.2) is 18.2 Å². The number of carbonyl (C=O) groups excluding carboxylic acids is 2. The molecule has 0 unspecified atom stereocenters. The molecule has 138 valence electrons. The predicted molar refractivity (Wildman–Crippen MR) is 96.2 cm³/mol. The summed E-state index contributed by atoms with van der Waals surface area (Å²) in [6.07, 6.45) is 3.31. The largest absolute Gasteiger partial charge is 0.497 e. The van der Waals surface area contributed by atoms with Gasteiger partial charge in [-0.25, -0.2) is 0 Å². The zero-order valence-electron chi connectivity index (χ0n) is 15.4. The van der Waals surface area contributed by atoms with Crippen LogP contribution in [0.25, 0.3) is 0 Å². The average molecular weight is 348 g/mol. The van der Waals surface area contributed by atoms with Gasteiger partial charge in [-0.2, -0.15) is 0 Å². The van der Waals surface area contributed by atoms with Gasteiger partial charge in [-0.1, -0.05) is 13.3 Å². The third kappa shape index (κ3) is 4.87. The number of hydrogen-bond donors (Lipinski definition) is 0. The maximum absolute atomic E-state index is 12.9. The zero-order valence-corrected chi connectivity index (χ0v) is 15.4. The van der Waals surface area contributed by atoms with Gasteiger partial charge in [0, 0.05) is 32.6 Å². The van der Waals surface area contributed by atoms with Crippen LogP contribution in [-0.4, -0.2) is 62.0 Å². The van der Waals surface area contributed by atoms with Crippen molar-refractivity contribution in [3.8, 4) is 11.5 Å². The molecule has 6 nitrogen and oxygen atoms in total. The Morgan fingerprint density at radius 2 is 1.76 bits per heavy atom. The van der Waals surface area contributed by atoms with E-state index in [9.17, 15) is 9.59 Å². The van der Waals surface area contributed by atoms with Gasteiger partial charge < -0.3 is 19.3 Å². The predicted octanol–water partition coefficient (Wildman–Crippen LogP) is 2.57. The van der Waals surface area contributed by atoms with Crippen molar-refractivity contribution in [3.05, 3.63) is 23.8 Å². The summed E-state index contributed by atoms with van der Waals surface area (Å²) in [7, 11) is 3.12. The fourth-order valence-corrected chi connectivity index (χ4v) is 3.01. The summed E-state index contributed by atoms with van der Waals surface area (Å²) in [4.78, 5) is 28.8. The van der Waals surface area contributed by atoms with Crippen LogP contribution < -0.4 is 9.47 Å². The quantitative estimate of drug-likeness (QED) is 0.793. The lowest BCUT2D eigenvalue weighted by molar-refractivity contribution is -0.131. The summed E-state index contributed by atoms with van der Waals surface area (Å²) in [5.41, 5.74) is 0.493. The summed E-state index contributed by atoms with van der Waals surface area (Å²) in [5.74, 6) is 1.26. The van der Waals surface area contributed by atoms with Crippen molar-refractivity contribution in [1.82, 2.24) is 9.80 Å². The normalized spacial score (nSPS) is 14.8. The summed E-state index contributed by atoms with van der Waals surface area (Å²) >= 11 is 0. The lowest BCUT2D eigenvalue weighted by Gasteiger charge is -2.23. The van der Waals surface area contributed by atoms with Crippen molar-refractivity contribution in [1.29, 1.82) is 0 Å². The van der Waals surface area contributed by atoms with Gasteiger partial charge in [0.15, 0.2) is 0 Å². The van der Waals surface area contributed by atoms with Crippen LogP contribution in [-0.2, 0) is 4.79 Å². The molecule has 0 spiro atoms. The van der Waals surface area contributed by atoms with Gasteiger partial charge in [0.2, 0.25) is 5.91 Å². The number of benzene rings is 1. The third-order valence-electron chi connectivity index (χ3n) is 4.52. The van der Waals surface area contributed by atoms with Crippen molar-refractivity contribution in [2.24, 2.45) is 0 Å². The molecule has 25 heavy (non-hydrogen) atoms. The molecule has 1 aromatic rings. The van der Waals surface area contributed by atoms with E-state index in [4.69, 9.17) is 9.47 Å². The fourth-order valence-electron chi connectivity index (χ4n) is 3.01. The van der Waals surface area contributed by atoms with Crippen LogP contribution in [0.2, 0.25) is 0 Å². The maximum Gasteiger partial charge on any atom is 0.257 e. The van der Waals surface area contributed by atoms with Crippen molar-refractivity contribution >= 4 is 11.8 Å². The van der Waals surface area contributed by atoms with Crippen LogP contribution in [0.1, 0.15) is 43.0 Å². The van der Waals surface area contributed by atoms with Crippen LogP contribution in [0.5, 0.6) is 11.5 Å². The second-order valence-corrected chi connectivity index (χ2v) is 6.20. The highest BCUT2D eigenvalue weighted by atomic mass is 16.5. The molecule has 2 rings (SSSR count). The molecule has 1 aromatic carbocycles. The molecule has 1 aliphatic rings. The SMILES string of the molecule is CCCCC(=O)N1CCCN(C(=O)c2cc(OC)ccc2OC)CC1. The van der Waals surface area contributed by atoms with Crippen LogP contribution in [0.3, 0.4) is 0 Å². The first-order valence-electron chi connectivity index (χ1n) is 8.89. The Labute approximate surface area is 149 Å². The Kier molecular flexibility index (Phi) is 7.10. The van der Waals surface area contributed by atoms with E-state index in [0.29, 0.717) is 49.7 Å². The van der Waals surface area contributed by atoms with Crippen molar-refractivity contribution in [2.75, 3.05) is 40.4 Å². The minimum atomic E-state index is -0.0846. The maximum atomic E-state index is 12.9. The zero-order chi connectivity index (χ0) is 18.2. The number of amides is 2. The molecule has 0 N–H and O–H groups in total. The highest BCUT2D eigenvalue weighted by Gasteiger charge is 2.24. The summed E-state index contributed by atoms with van der Waals surface area (Å²) in [5, 5.41) is 0. The summed E-state index contributed by atoms with van der Waals surface area (Å²) < 4.78 is 10.5. The van der Waals surface area contributed by atoms with E-state index < -0.39 is 0 Å². The minimum absolute atomic E-state index is 0.0846. The molecule has 1 aliphatic heterocycles. The molecule has 0 aliphatic carbocycles. The van der Waals surface area contributed by atoms with Crippen molar-refractivity contribution in [3.63, 3.8) is 0 Å². The van der Waals surface area contributed by atoms with Crippen molar-refractivity contribution < 1.29 is 19.1 Å². The van der Waals surface area contributed by atoms with Gasteiger partial charge >= 0.3 is 0 Å². The Morgan fingerprint density at radius 3 is 2.44 bits per heavy atom. The van der Waals surface area contributed by atoms with Gasteiger partial charge in [0.25, 0.3) is 5.91 Å².